The Kier molecular flexibility index (Phi) is 12.9. The third kappa shape index (κ3) is 10.7. The van der Waals surface area contributed by atoms with Crippen LogP contribution in [0.15, 0.2) is 72.8 Å². The molecule has 202 valence electrons. The number of rotatable bonds is 16. The number of ether oxygens (including phenoxy) is 3. The smallest absolute Gasteiger partial charge is 0.315 e. The first kappa shape index (κ1) is 29.4. The van der Waals surface area contributed by atoms with Gasteiger partial charge in [-0.05, 0) is 86.4 Å². The highest BCUT2D eigenvalue weighted by molar-refractivity contribution is 7.99. The summed E-state index contributed by atoms with van der Waals surface area (Å²) < 4.78 is 16.6. The number of anilines is 1. The highest BCUT2D eigenvalue weighted by Gasteiger charge is 2.12. The number of hydrogen-bond acceptors (Lipinski definition) is 6. The summed E-state index contributed by atoms with van der Waals surface area (Å²) in [4.78, 5) is 24.3. The molecule has 0 aliphatic heterocycles. The fraction of sp³-hybridized carbons (Fsp3) is 0.333. The third-order valence-corrected chi connectivity index (χ3v) is 6.75. The first-order valence-corrected chi connectivity index (χ1v) is 14.3. The van der Waals surface area contributed by atoms with Crippen molar-refractivity contribution in [2.75, 3.05) is 36.6 Å². The Morgan fingerprint density at radius 3 is 2.42 bits per heavy atom. The van der Waals surface area contributed by atoms with Crippen molar-refractivity contribution in [1.82, 2.24) is 0 Å². The van der Waals surface area contributed by atoms with Crippen molar-refractivity contribution in [2.24, 2.45) is 0 Å². The molecule has 3 aromatic carbocycles. The molecule has 6 nitrogen and oxygen atoms in total. The average Bonchev–Trinajstić information content (AvgIpc) is 2.92. The minimum Gasteiger partial charge on any atom is -0.494 e. The van der Waals surface area contributed by atoms with Crippen molar-refractivity contribution in [3.8, 4) is 11.5 Å². The number of esters is 1. The Hall–Kier alpha value is -3.16. The van der Waals surface area contributed by atoms with Crippen LogP contribution in [0, 0.1) is 0 Å². The maximum atomic E-state index is 12.9. The zero-order valence-electron chi connectivity index (χ0n) is 21.6. The van der Waals surface area contributed by atoms with E-state index in [9.17, 15) is 9.59 Å². The van der Waals surface area contributed by atoms with Gasteiger partial charge in [-0.25, -0.2) is 0 Å². The van der Waals surface area contributed by atoms with Gasteiger partial charge in [0, 0.05) is 10.6 Å². The molecule has 0 unspecified atom stereocenters. The number of aryl methyl sites for hydroxylation is 1. The van der Waals surface area contributed by atoms with Gasteiger partial charge in [0.1, 0.15) is 11.5 Å². The molecular weight excluding hydrogens is 522 g/mol. The number of carbonyl (C=O) groups is 2. The standard InChI is InChI=1S/C30H34ClNO5S/c1-2-35-29(33)22-38-20-8-19-37-28-17-14-25(31)21-27(28)32-30(34)24-12-15-26(16-13-24)36-18-7-6-11-23-9-4-3-5-10-23/h3-5,9-10,12-17,21H,2,6-8,11,18-20,22H2,1H3,(H,32,34). The second-order valence-corrected chi connectivity index (χ2v) is 10.0. The second kappa shape index (κ2) is 16.6. The van der Waals surface area contributed by atoms with E-state index < -0.39 is 0 Å². The second-order valence-electron chi connectivity index (χ2n) is 8.47. The van der Waals surface area contributed by atoms with E-state index in [2.05, 4.69) is 29.6 Å². The lowest BCUT2D eigenvalue weighted by Gasteiger charge is -2.13. The molecule has 0 heterocycles. The first-order valence-electron chi connectivity index (χ1n) is 12.8. The first-order chi connectivity index (χ1) is 18.5. The Morgan fingerprint density at radius 2 is 1.66 bits per heavy atom. The summed E-state index contributed by atoms with van der Waals surface area (Å²) in [7, 11) is 0. The van der Waals surface area contributed by atoms with E-state index in [1.807, 2.05) is 6.07 Å². The summed E-state index contributed by atoms with van der Waals surface area (Å²) in [6.07, 6.45) is 3.79. The molecule has 38 heavy (non-hydrogen) atoms. The SMILES string of the molecule is CCOC(=O)CSCCCOc1ccc(Cl)cc1NC(=O)c1ccc(OCCCCc2ccccc2)cc1. The zero-order valence-corrected chi connectivity index (χ0v) is 23.2. The lowest BCUT2D eigenvalue weighted by Crippen LogP contribution is -2.13. The molecule has 1 N–H and O–H groups in total. The largest absolute Gasteiger partial charge is 0.494 e. The van der Waals surface area contributed by atoms with Gasteiger partial charge in [0.15, 0.2) is 0 Å². The molecule has 0 radical (unpaired) electrons. The van der Waals surface area contributed by atoms with E-state index >= 15 is 0 Å². The molecular formula is C30H34ClNO5S. The molecule has 0 spiro atoms. The fourth-order valence-electron chi connectivity index (χ4n) is 3.59. The van der Waals surface area contributed by atoms with Gasteiger partial charge in [-0.15, -0.1) is 0 Å². The predicted molar refractivity (Wildman–Crippen MR) is 155 cm³/mol. The molecule has 0 saturated carbocycles. The van der Waals surface area contributed by atoms with Crippen LogP contribution in [0.1, 0.15) is 42.1 Å². The van der Waals surface area contributed by atoms with Gasteiger partial charge in [-0.1, -0.05) is 41.9 Å². The lowest BCUT2D eigenvalue weighted by atomic mass is 10.1. The van der Waals surface area contributed by atoms with Crippen LogP contribution >= 0.6 is 23.4 Å². The summed E-state index contributed by atoms with van der Waals surface area (Å²) in [5, 5.41) is 3.38. The van der Waals surface area contributed by atoms with Crippen molar-refractivity contribution >= 4 is 40.9 Å². The van der Waals surface area contributed by atoms with Crippen LogP contribution in [-0.4, -0.2) is 43.2 Å². The predicted octanol–water partition coefficient (Wildman–Crippen LogP) is 7.06. The Bertz CT molecular complexity index is 1140. The number of amides is 1. The number of unbranched alkanes of at least 4 members (excludes halogenated alkanes) is 1. The number of halogens is 1. The Morgan fingerprint density at radius 1 is 0.895 bits per heavy atom. The van der Waals surface area contributed by atoms with E-state index in [1.54, 1.807) is 49.4 Å². The number of nitrogens with one attached hydrogen (secondary N) is 1. The average molecular weight is 556 g/mol. The Labute approximate surface area is 234 Å². The monoisotopic (exact) mass is 555 g/mol. The summed E-state index contributed by atoms with van der Waals surface area (Å²) in [5.41, 5.74) is 2.34. The van der Waals surface area contributed by atoms with Gasteiger partial charge < -0.3 is 19.5 Å². The summed E-state index contributed by atoms with van der Waals surface area (Å²) in [5.74, 6) is 1.88. The van der Waals surface area contributed by atoms with Crippen LogP contribution in [0.5, 0.6) is 11.5 Å². The quantitative estimate of drug-likeness (QED) is 0.151. The van der Waals surface area contributed by atoms with Gasteiger partial charge >= 0.3 is 5.97 Å². The van der Waals surface area contributed by atoms with Crippen molar-refractivity contribution in [1.29, 1.82) is 0 Å². The molecule has 3 aromatic rings. The molecule has 0 aromatic heterocycles. The molecule has 0 aliphatic carbocycles. The Balaban J connectivity index is 1.42. The summed E-state index contributed by atoms with van der Waals surface area (Å²) in [6.45, 7) is 3.25. The van der Waals surface area contributed by atoms with Crippen LogP contribution in [0.2, 0.25) is 5.02 Å². The molecule has 0 saturated heterocycles. The minimum atomic E-state index is -0.267. The molecule has 0 atom stereocenters. The van der Waals surface area contributed by atoms with Crippen LogP contribution in [0.4, 0.5) is 5.69 Å². The summed E-state index contributed by atoms with van der Waals surface area (Å²) in [6, 6.07) is 22.6. The van der Waals surface area contributed by atoms with E-state index in [0.717, 1.165) is 37.2 Å². The molecule has 0 fully saturated rings. The molecule has 3 rings (SSSR count). The number of carbonyl (C=O) groups excluding carboxylic acids is 2. The van der Waals surface area contributed by atoms with Crippen LogP contribution in [0.25, 0.3) is 0 Å². The highest BCUT2D eigenvalue weighted by atomic mass is 35.5. The van der Waals surface area contributed by atoms with Gasteiger partial charge in [0.05, 0.1) is 31.3 Å². The highest BCUT2D eigenvalue weighted by Crippen LogP contribution is 2.29. The van der Waals surface area contributed by atoms with Gasteiger partial charge in [-0.3, -0.25) is 9.59 Å². The number of thioether (sulfide) groups is 1. The van der Waals surface area contributed by atoms with E-state index in [0.29, 0.717) is 47.6 Å². The maximum Gasteiger partial charge on any atom is 0.315 e. The summed E-state index contributed by atoms with van der Waals surface area (Å²) >= 11 is 7.66. The molecule has 1 amide bonds. The lowest BCUT2D eigenvalue weighted by molar-refractivity contribution is -0.139. The van der Waals surface area contributed by atoms with Crippen LogP contribution in [0.3, 0.4) is 0 Å². The van der Waals surface area contributed by atoms with E-state index in [4.69, 9.17) is 25.8 Å². The topological polar surface area (TPSA) is 73.9 Å². The van der Waals surface area contributed by atoms with Crippen molar-refractivity contribution in [3.63, 3.8) is 0 Å². The zero-order chi connectivity index (χ0) is 27.0. The number of benzene rings is 3. The van der Waals surface area contributed by atoms with Gasteiger partial charge in [0.2, 0.25) is 0 Å². The molecule has 0 bridgehead atoms. The van der Waals surface area contributed by atoms with Gasteiger partial charge in [-0.2, -0.15) is 11.8 Å². The fourth-order valence-corrected chi connectivity index (χ4v) is 4.48. The van der Waals surface area contributed by atoms with Crippen molar-refractivity contribution < 1.29 is 23.8 Å². The molecule has 8 heteroatoms. The van der Waals surface area contributed by atoms with Crippen LogP contribution in [-0.2, 0) is 16.0 Å². The maximum absolute atomic E-state index is 12.9. The van der Waals surface area contributed by atoms with Gasteiger partial charge in [0.25, 0.3) is 5.91 Å². The molecule has 0 aliphatic rings. The van der Waals surface area contributed by atoms with Crippen LogP contribution < -0.4 is 14.8 Å². The minimum absolute atomic E-state index is 0.209. The van der Waals surface area contributed by atoms with Crippen molar-refractivity contribution in [3.05, 3.63) is 88.9 Å². The van der Waals surface area contributed by atoms with E-state index in [-0.39, 0.29) is 11.9 Å². The van der Waals surface area contributed by atoms with E-state index in [1.165, 1.54) is 17.3 Å². The normalized spacial score (nSPS) is 10.6. The number of hydrogen-bond donors (Lipinski definition) is 1. The third-order valence-electron chi connectivity index (χ3n) is 5.49. The van der Waals surface area contributed by atoms with Crippen molar-refractivity contribution in [2.45, 2.75) is 32.6 Å².